The molecule has 1 aromatic heterocycles. The van der Waals surface area contributed by atoms with Crippen molar-refractivity contribution in [3.63, 3.8) is 0 Å². The van der Waals surface area contributed by atoms with E-state index in [4.69, 9.17) is 13.9 Å². The molecule has 5 rings (SSSR count). The third-order valence-electron chi connectivity index (χ3n) is 7.29. The van der Waals surface area contributed by atoms with Crippen LogP contribution in [0.3, 0.4) is 0 Å². The van der Waals surface area contributed by atoms with Gasteiger partial charge < -0.3 is 24.5 Å². The van der Waals surface area contributed by atoms with E-state index in [-0.39, 0.29) is 11.8 Å². The Morgan fingerprint density at radius 3 is 2.53 bits per heavy atom. The predicted octanol–water partition coefficient (Wildman–Crippen LogP) is 6.08. The van der Waals surface area contributed by atoms with Gasteiger partial charge in [-0.05, 0) is 74.4 Å². The van der Waals surface area contributed by atoms with Crippen LogP contribution in [0, 0.1) is 11.8 Å². The van der Waals surface area contributed by atoms with Gasteiger partial charge in [0.05, 0.1) is 13.2 Å². The first-order chi connectivity index (χ1) is 18.4. The number of fused-ring (bicyclic) bond motifs is 1. The number of anilines is 2. The maximum absolute atomic E-state index is 12.3. The maximum atomic E-state index is 12.3. The molecule has 1 saturated carbocycles. The highest BCUT2D eigenvalue weighted by molar-refractivity contribution is 5.94. The highest BCUT2D eigenvalue weighted by Crippen LogP contribution is 2.30. The molecule has 1 saturated heterocycles. The molecule has 2 aromatic carbocycles. The number of nitrogens with one attached hydrogen (secondary N) is 2. The zero-order chi connectivity index (χ0) is 26.5. The van der Waals surface area contributed by atoms with Crippen LogP contribution in [0.2, 0.25) is 0 Å². The number of hydrogen-bond donors (Lipinski definition) is 2. The topological polar surface area (TPSA) is 88.9 Å². The lowest BCUT2D eigenvalue weighted by Gasteiger charge is -2.32. The average Bonchev–Trinajstić information content (AvgIpc) is 3.24. The van der Waals surface area contributed by atoms with E-state index in [2.05, 4.69) is 46.5 Å². The highest BCUT2D eigenvalue weighted by atomic mass is 16.5. The molecule has 3 aromatic rings. The zero-order valence-electron chi connectivity index (χ0n) is 22.8. The van der Waals surface area contributed by atoms with Crippen molar-refractivity contribution in [2.75, 3.05) is 36.9 Å². The van der Waals surface area contributed by atoms with Gasteiger partial charge in [-0.15, -0.1) is 0 Å². The molecule has 2 fully saturated rings. The molecule has 0 spiro atoms. The first kappa shape index (κ1) is 26.4. The van der Waals surface area contributed by atoms with E-state index in [1.165, 1.54) is 5.56 Å². The number of oxazole rings is 1. The SMILES string of the molecule is CCOc1cc(CN2CCC(Nc3nc4cc(NC(=O)C5CCC5)ccc4o3)CC2)cc(OCC(C)C)c1. The summed E-state index contributed by atoms with van der Waals surface area (Å²) in [6.45, 7) is 10.5. The molecular formula is C30H40N4O4. The molecule has 1 aliphatic heterocycles. The number of likely N-dealkylation sites (tertiary alicyclic amines) is 1. The third-order valence-corrected chi connectivity index (χ3v) is 7.29. The van der Waals surface area contributed by atoms with Crippen LogP contribution in [0.1, 0.15) is 58.4 Å². The van der Waals surface area contributed by atoms with Crippen molar-refractivity contribution in [2.24, 2.45) is 11.8 Å². The van der Waals surface area contributed by atoms with Gasteiger partial charge in [-0.1, -0.05) is 20.3 Å². The van der Waals surface area contributed by atoms with Crippen molar-refractivity contribution in [3.8, 4) is 11.5 Å². The Morgan fingerprint density at radius 1 is 1.08 bits per heavy atom. The molecule has 38 heavy (non-hydrogen) atoms. The second-order valence-electron chi connectivity index (χ2n) is 11.0. The molecule has 1 aliphatic carbocycles. The number of carbonyl (C=O) groups excluding carboxylic acids is 1. The van der Waals surface area contributed by atoms with E-state index >= 15 is 0 Å². The monoisotopic (exact) mass is 520 g/mol. The number of aromatic nitrogens is 1. The second-order valence-corrected chi connectivity index (χ2v) is 11.0. The van der Waals surface area contributed by atoms with Crippen LogP contribution in [-0.2, 0) is 11.3 Å². The second kappa shape index (κ2) is 12.1. The summed E-state index contributed by atoms with van der Waals surface area (Å²) < 4.78 is 17.7. The van der Waals surface area contributed by atoms with Crippen LogP contribution < -0.4 is 20.1 Å². The molecule has 2 heterocycles. The van der Waals surface area contributed by atoms with E-state index in [0.717, 1.165) is 80.0 Å². The Balaban J connectivity index is 1.14. The molecule has 2 N–H and O–H groups in total. The summed E-state index contributed by atoms with van der Waals surface area (Å²) in [6, 6.07) is 12.7. The number of benzene rings is 2. The van der Waals surface area contributed by atoms with Crippen LogP contribution >= 0.6 is 0 Å². The summed E-state index contributed by atoms with van der Waals surface area (Å²) in [5.74, 6) is 2.47. The highest BCUT2D eigenvalue weighted by Gasteiger charge is 2.25. The fourth-order valence-corrected chi connectivity index (χ4v) is 4.97. The van der Waals surface area contributed by atoms with Crippen molar-refractivity contribution < 1.29 is 18.7 Å². The van der Waals surface area contributed by atoms with Crippen molar-refractivity contribution in [1.29, 1.82) is 0 Å². The molecule has 8 nitrogen and oxygen atoms in total. The molecule has 2 aliphatic rings. The quantitative estimate of drug-likeness (QED) is 0.317. The zero-order valence-corrected chi connectivity index (χ0v) is 22.8. The van der Waals surface area contributed by atoms with Gasteiger partial charge in [0.1, 0.15) is 17.0 Å². The minimum Gasteiger partial charge on any atom is -0.494 e. The lowest BCUT2D eigenvalue weighted by Crippen LogP contribution is -2.38. The van der Waals surface area contributed by atoms with Gasteiger partial charge in [0, 0.05) is 43.3 Å². The van der Waals surface area contributed by atoms with Gasteiger partial charge >= 0.3 is 0 Å². The number of amides is 1. The van der Waals surface area contributed by atoms with Gasteiger partial charge in [0.15, 0.2) is 5.58 Å². The lowest BCUT2D eigenvalue weighted by molar-refractivity contribution is -0.122. The third kappa shape index (κ3) is 6.78. The van der Waals surface area contributed by atoms with Crippen molar-refractivity contribution in [1.82, 2.24) is 9.88 Å². The van der Waals surface area contributed by atoms with Crippen LogP contribution in [0.4, 0.5) is 11.7 Å². The minimum atomic E-state index is 0.105. The summed E-state index contributed by atoms with van der Waals surface area (Å²) in [6.07, 6.45) is 5.12. The van der Waals surface area contributed by atoms with Gasteiger partial charge in [0.25, 0.3) is 6.01 Å². The van der Waals surface area contributed by atoms with E-state index in [9.17, 15) is 4.79 Å². The largest absolute Gasteiger partial charge is 0.494 e. The molecule has 0 unspecified atom stereocenters. The van der Waals surface area contributed by atoms with Gasteiger partial charge in [-0.2, -0.15) is 4.98 Å². The van der Waals surface area contributed by atoms with E-state index in [1.807, 2.05) is 31.2 Å². The first-order valence-corrected chi connectivity index (χ1v) is 14.0. The number of hydrogen-bond acceptors (Lipinski definition) is 7. The first-order valence-electron chi connectivity index (χ1n) is 14.0. The van der Waals surface area contributed by atoms with E-state index in [0.29, 0.717) is 31.2 Å². The Labute approximate surface area is 225 Å². The summed E-state index contributed by atoms with van der Waals surface area (Å²) >= 11 is 0. The Hall–Kier alpha value is -3.26. The van der Waals surface area contributed by atoms with Crippen molar-refractivity contribution in [2.45, 2.75) is 65.5 Å². The van der Waals surface area contributed by atoms with Crippen LogP contribution in [0.5, 0.6) is 11.5 Å². The Kier molecular flexibility index (Phi) is 8.37. The van der Waals surface area contributed by atoms with Crippen molar-refractivity contribution in [3.05, 3.63) is 42.0 Å². The van der Waals surface area contributed by atoms with Crippen LogP contribution in [0.25, 0.3) is 11.1 Å². The van der Waals surface area contributed by atoms with E-state index in [1.54, 1.807) is 0 Å². The number of carbonyl (C=O) groups is 1. The molecular weight excluding hydrogens is 480 g/mol. The fourth-order valence-electron chi connectivity index (χ4n) is 4.97. The van der Waals surface area contributed by atoms with E-state index < -0.39 is 0 Å². The lowest BCUT2D eigenvalue weighted by atomic mass is 9.85. The molecule has 8 heteroatoms. The standard InChI is InChI=1S/C30H40N4O4/c1-4-36-25-14-21(15-26(17-25)37-19-20(2)3)18-34-12-10-23(11-13-34)32-30-33-27-16-24(8-9-28(27)38-30)31-29(35)22-6-5-7-22/h8-9,14-17,20,22-23H,4-7,10-13,18-19H2,1-3H3,(H,31,35)(H,32,33). The maximum Gasteiger partial charge on any atom is 0.295 e. The summed E-state index contributed by atoms with van der Waals surface area (Å²) in [4.78, 5) is 19.4. The molecule has 0 bridgehead atoms. The summed E-state index contributed by atoms with van der Waals surface area (Å²) in [5, 5.41) is 6.50. The van der Waals surface area contributed by atoms with Gasteiger partial charge in [-0.3, -0.25) is 9.69 Å². The number of rotatable bonds is 11. The minimum absolute atomic E-state index is 0.105. The van der Waals surface area contributed by atoms with Crippen LogP contribution in [-0.4, -0.2) is 48.1 Å². The van der Waals surface area contributed by atoms with Crippen LogP contribution in [0.15, 0.2) is 40.8 Å². The van der Waals surface area contributed by atoms with Gasteiger partial charge in [0.2, 0.25) is 5.91 Å². The number of piperidine rings is 1. The summed E-state index contributed by atoms with van der Waals surface area (Å²) in [7, 11) is 0. The smallest absolute Gasteiger partial charge is 0.295 e. The predicted molar refractivity (Wildman–Crippen MR) is 150 cm³/mol. The molecule has 0 atom stereocenters. The number of nitrogens with zero attached hydrogens (tertiary/aromatic N) is 2. The molecule has 0 radical (unpaired) electrons. The Bertz CT molecular complexity index is 1230. The Morgan fingerprint density at radius 2 is 1.84 bits per heavy atom. The number of ether oxygens (including phenoxy) is 2. The van der Waals surface area contributed by atoms with Gasteiger partial charge in [-0.25, -0.2) is 0 Å². The fraction of sp³-hybridized carbons (Fsp3) is 0.533. The molecule has 204 valence electrons. The normalized spacial score (nSPS) is 16.9. The molecule has 1 amide bonds. The van der Waals surface area contributed by atoms with Crippen molar-refractivity contribution >= 4 is 28.7 Å². The average molecular weight is 521 g/mol. The summed E-state index contributed by atoms with van der Waals surface area (Å²) in [5.41, 5.74) is 3.45.